The zero-order valence-corrected chi connectivity index (χ0v) is 14.0. The number of halogens is 2. The van der Waals surface area contributed by atoms with Crippen molar-refractivity contribution in [2.24, 2.45) is 5.73 Å². The lowest BCUT2D eigenvalue weighted by Crippen LogP contribution is -2.26. The molecule has 26 heavy (non-hydrogen) atoms. The molecule has 2 N–H and O–H groups in total. The Bertz CT molecular complexity index is 998. The molecule has 0 aromatic carbocycles. The van der Waals surface area contributed by atoms with Crippen molar-refractivity contribution < 1.29 is 8.78 Å². The summed E-state index contributed by atoms with van der Waals surface area (Å²) in [5.41, 5.74) is 5.81. The fourth-order valence-corrected chi connectivity index (χ4v) is 2.37. The first-order chi connectivity index (χ1) is 12.5. The Morgan fingerprint density at radius 1 is 1.27 bits per heavy atom. The van der Waals surface area contributed by atoms with Gasteiger partial charge in [0.15, 0.2) is 0 Å². The number of nitrogens with zero attached hydrogens (tertiary/aromatic N) is 6. The molecule has 0 spiro atoms. The Balaban J connectivity index is 1.94. The van der Waals surface area contributed by atoms with Gasteiger partial charge in [-0.3, -0.25) is 4.68 Å². The number of nitrogens with two attached hydrogens (primary N) is 1. The predicted octanol–water partition coefficient (Wildman–Crippen LogP) is 1.42. The van der Waals surface area contributed by atoms with Gasteiger partial charge in [-0.15, -0.1) is 0 Å². The van der Waals surface area contributed by atoms with Crippen LogP contribution in [0.4, 0.5) is 8.78 Å². The molecule has 3 heterocycles. The molecular formula is C16H17F2N7O. The van der Waals surface area contributed by atoms with Crippen LogP contribution < -0.4 is 11.4 Å². The monoisotopic (exact) mass is 361 g/mol. The number of pyridine rings is 1. The van der Waals surface area contributed by atoms with Crippen LogP contribution in [-0.2, 0) is 13.1 Å². The normalized spacial score (nSPS) is 10.9. The molecule has 0 aliphatic carbocycles. The van der Waals surface area contributed by atoms with Crippen LogP contribution in [0.1, 0.15) is 6.92 Å². The van der Waals surface area contributed by atoms with E-state index in [0.717, 1.165) is 16.8 Å². The first-order valence-electron chi connectivity index (χ1n) is 7.91. The maximum atomic E-state index is 12.7. The minimum atomic E-state index is -1.90. The summed E-state index contributed by atoms with van der Waals surface area (Å²) < 4.78 is 29.4. The zero-order chi connectivity index (χ0) is 18.7. The van der Waals surface area contributed by atoms with Gasteiger partial charge in [-0.2, -0.15) is 19.0 Å². The van der Waals surface area contributed by atoms with Crippen LogP contribution in [0.3, 0.4) is 0 Å². The summed E-state index contributed by atoms with van der Waals surface area (Å²) >= 11 is 0. The number of hydrogen-bond acceptors (Lipinski definition) is 5. The second-order valence-corrected chi connectivity index (χ2v) is 5.47. The maximum absolute atomic E-state index is 12.7. The molecule has 136 valence electrons. The van der Waals surface area contributed by atoms with E-state index in [2.05, 4.69) is 15.2 Å². The van der Waals surface area contributed by atoms with Gasteiger partial charge in [-0.25, -0.2) is 19.0 Å². The molecule has 0 aliphatic heterocycles. The molecule has 3 aromatic heterocycles. The average Bonchev–Trinajstić information content (AvgIpc) is 3.26. The molecule has 0 atom stereocenters. The van der Waals surface area contributed by atoms with E-state index in [0.29, 0.717) is 11.5 Å². The molecule has 0 saturated carbocycles. The van der Waals surface area contributed by atoms with Crippen LogP contribution in [0.5, 0.6) is 0 Å². The number of aryl methyl sites for hydroxylation is 1. The van der Waals surface area contributed by atoms with Crippen molar-refractivity contribution >= 4 is 0 Å². The SMILES string of the molecule is CCn1cc(-c2cccc(-n3cnn(CC(CN)=C(F)F)c3=O)n2)cn1. The third-order valence-corrected chi connectivity index (χ3v) is 3.82. The Labute approximate surface area is 147 Å². The lowest BCUT2D eigenvalue weighted by Gasteiger charge is -2.03. The van der Waals surface area contributed by atoms with Gasteiger partial charge < -0.3 is 5.73 Å². The fraction of sp³-hybridized carbons (Fsp3) is 0.250. The summed E-state index contributed by atoms with van der Waals surface area (Å²) in [6.07, 6.45) is 2.88. The van der Waals surface area contributed by atoms with Crippen molar-refractivity contribution in [3.8, 4) is 17.1 Å². The van der Waals surface area contributed by atoms with Crippen molar-refractivity contribution in [3.05, 3.63) is 59.1 Å². The van der Waals surface area contributed by atoms with E-state index in [4.69, 9.17) is 5.73 Å². The van der Waals surface area contributed by atoms with E-state index in [1.165, 1.54) is 10.9 Å². The van der Waals surface area contributed by atoms with E-state index in [-0.39, 0.29) is 18.7 Å². The van der Waals surface area contributed by atoms with Gasteiger partial charge in [-0.05, 0) is 19.1 Å². The highest BCUT2D eigenvalue weighted by Crippen LogP contribution is 2.17. The van der Waals surface area contributed by atoms with Crippen LogP contribution in [0.25, 0.3) is 17.1 Å². The highest BCUT2D eigenvalue weighted by atomic mass is 19.3. The molecule has 3 aromatic rings. The third-order valence-electron chi connectivity index (χ3n) is 3.82. The molecule has 8 nitrogen and oxygen atoms in total. The van der Waals surface area contributed by atoms with E-state index >= 15 is 0 Å². The zero-order valence-electron chi connectivity index (χ0n) is 14.0. The summed E-state index contributed by atoms with van der Waals surface area (Å²) in [6, 6.07) is 5.18. The van der Waals surface area contributed by atoms with Gasteiger partial charge in [0, 0.05) is 30.4 Å². The fourth-order valence-electron chi connectivity index (χ4n) is 2.37. The summed E-state index contributed by atoms with van der Waals surface area (Å²) in [5, 5.41) is 8.07. The van der Waals surface area contributed by atoms with Crippen molar-refractivity contribution in [2.45, 2.75) is 20.0 Å². The van der Waals surface area contributed by atoms with E-state index < -0.39 is 11.8 Å². The van der Waals surface area contributed by atoms with Crippen LogP contribution >= 0.6 is 0 Å². The minimum Gasteiger partial charge on any atom is -0.327 e. The number of hydrogen-bond donors (Lipinski definition) is 1. The quantitative estimate of drug-likeness (QED) is 0.716. The summed E-state index contributed by atoms with van der Waals surface area (Å²) in [6.45, 7) is 1.98. The second-order valence-electron chi connectivity index (χ2n) is 5.47. The van der Waals surface area contributed by atoms with Crippen molar-refractivity contribution in [1.29, 1.82) is 0 Å². The van der Waals surface area contributed by atoms with Crippen LogP contribution in [-0.4, -0.2) is 35.7 Å². The van der Waals surface area contributed by atoms with Gasteiger partial charge in [0.05, 0.1) is 18.4 Å². The van der Waals surface area contributed by atoms with Gasteiger partial charge in [0.2, 0.25) is 0 Å². The van der Waals surface area contributed by atoms with Crippen LogP contribution in [0.2, 0.25) is 0 Å². The maximum Gasteiger partial charge on any atom is 0.351 e. The minimum absolute atomic E-state index is 0.335. The molecule has 0 bridgehead atoms. The van der Waals surface area contributed by atoms with Crippen molar-refractivity contribution in [1.82, 2.24) is 29.1 Å². The highest BCUT2D eigenvalue weighted by molar-refractivity contribution is 5.58. The molecule has 0 saturated heterocycles. The van der Waals surface area contributed by atoms with Gasteiger partial charge in [0.1, 0.15) is 12.1 Å². The Morgan fingerprint density at radius 2 is 2.08 bits per heavy atom. The highest BCUT2D eigenvalue weighted by Gasteiger charge is 2.13. The van der Waals surface area contributed by atoms with Crippen LogP contribution in [0.15, 0.2) is 53.4 Å². The average molecular weight is 361 g/mol. The standard InChI is InChI=1S/C16H17F2N7O/c1-2-23-8-12(7-20-23)13-4-3-5-14(22-13)24-10-21-25(16(24)26)9-11(6-19)15(17)18/h3-5,7-8,10H,2,6,9,19H2,1H3. The topological polar surface area (TPSA) is 96.6 Å². The molecule has 0 unspecified atom stereocenters. The Hall–Kier alpha value is -3.14. The summed E-state index contributed by atoms with van der Waals surface area (Å²) in [4.78, 5) is 16.9. The van der Waals surface area contributed by atoms with Crippen molar-refractivity contribution in [2.75, 3.05) is 6.54 Å². The van der Waals surface area contributed by atoms with Crippen molar-refractivity contribution in [3.63, 3.8) is 0 Å². The molecule has 10 heteroatoms. The molecule has 0 amide bonds. The second kappa shape index (κ2) is 7.40. The first kappa shape index (κ1) is 17.7. The van der Waals surface area contributed by atoms with Crippen LogP contribution in [0, 0.1) is 0 Å². The molecule has 0 fully saturated rings. The predicted molar refractivity (Wildman–Crippen MR) is 90.8 cm³/mol. The van der Waals surface area contributed by atoms with E-state index in [9.17, 15) is 13.6 Å². The van der Waals surface area contributed by atoms with Gasteiger partial charge in [0.25, 0.3) is 6.08 Å². The molecule has 0 aliphatic rings. The third kappa shape index (κ3) is 3.45. The number of aromatic nitrogens is 6. The largest absolute Gasteiger partial charge is 0.351 e. The van der Waals surface area contributed by atoms with Gasteiger partial charge >= 0.3 is 5.69 Å². The molecule has 3 rings (SSSR count). The molecule has 0 radical (unpaired) electrons. The summed E-state index contributed by atoms with van der Waals surface area (Å²) in [7, 11) is 0. The first-order valence-corrected chi connectivity index (χ1v) is 7.91. The lowest BCUT2D eigenvalue weighted by atomic mass is 10.2. The smallest absolute Gasteiger partial charge is 0.327 e. The summed E-state index contributed by atoms with van der Waals surface area (Å²) in [5.74, 6) is 0.335. The lowest BCUT2D eigenvalue weighted by molar-refractivity contribution is 0.400. The van der Waals surface area contributed by atoms with E-state index in [1.807, 2.05) is 13.1 Å². The Morgan fingerprint density at radius 3 is 2.73 bits per heavy atom. The van der Waals surface area contributed by atoms with E-state index in [1.54, 1.807) is 29.1 Å². The molecular weight excluding hydrogens is 344 g/mol. The Kier molecular flexibility index (Phi) is 5.03. The number of rotatable bonds is 6. The van der Waals surface area contributed by atoms with Gasteiger partial charge in [-0.1, -0.05) is 6.07 Å².